The van der Waals surface area contributed by atoms with E-state index in [0.717, 1.165) is 36.2 Å². The van der Waals surface area contributed by atoms with Crippen molar-refractivity contribution in [1.29, 1.82) is 0 Å². The number of nitrogens with one attached hydrogen (secondary N) is 1. The molecule has 1 aromatic heterocycles. The summed E-state index contributed by atoms with van der Waals surface area (Å²) in [7, 11) is 1.70. The van der Waals surface area contributed by atoms with Crippen LogP contribution in [0.4, 0.5) is 0 Å². The molecular formula is C13H23N3OS. The van der Waals surface area contributed by atoms with Crippen molar-refractivity contribution < 1.29 is 4.74 Å². The first-order chi connectivity index (χ1) is 8.86. The monoisotopic (exact) mass is 269 g/mol. The Kier molecular flexibility index (Phi) is 8.81. The van der Waals surface area contributed by atoms with Crippen LogP contribution >= 0.6 is 11.8 Å². The zero-order valence-corrected chi connectivity index (χ0v) is 12.1. The predicted octanol–water partition coefficient (Wildman–Crippen LogP) is 2.49. The number of rotatable bonds is 10. The molecule has 4 nitrogen and oxygen atoms in total. The molecule has 18 heavy (non-hydrogen) atoms. The Morgan fingerprint density at radius 3 is 2.72 bits per heavy atom. The van der Waals surface area contributed by atoms with Crippen LogP contribution in [0, 0.1) is 0 Å². The van der Waals surface area contributed by atoms with Crippen molar-refractivity contribution in [2.24, 2.45) is 0 Å². The summed E-state index contributed by atoms with van der Waals surface area (Å²) in [5, 5.41) is 4.15. The second-order valence-corrected chi connectivity index (χ2v) is 5.16. The van der Waals surface area contributed by atoms with Crippen molar-refractivity contribution in [2.45, 2.75) is 37.9 Å². The third-order valence-electron chi connectivity index (χ3n) is 2.47. The zero-order valence-electron chi connectivity index (χ0n) is 11.3. The number of methoxy groups -OCH3 is 1. The maximum absolute atomic E-state index is 4.97. The lowest BCUT2D eigenvalue weighted by Gasteiger charge is -2.04. The van der Waals surface area contributed by atoms with Gasteiger partial charge in [0, 0.05) is 43.9 Å². The summed E-state index contributed by atoms with van der Waals surface area (Å²) in [5.74, 6) is 1.11. The van der Waals surface area contributed by atoms with Crippen LogP contribution in [-0.2, 0) is 11.3 Å². The highest BCUT2D eigenvalue weighted by Crippen LogP contribution is 2.14. The van der Waals surface area contributed by atoms with Gasteiger partial charge in [0.2, 0.25) is 0 Å². The molecule has 0 saturated carbocycles. The smallest absolute Gasteiger partial charge is 0.187 e. The molecule has 0 spiro atoms. The normalized spacial score (nSPS) is 10.8. The standard InChI is InChI=1S/C13H23N3OS/c1-3-4-5-8-18-13-15-10-12(11-16-13)9-14-6-7-17-2/h10-11,14H,3-9H2,1-2H3. The fourth-order valence-electron chi connectivity index (χ4n) is 1.43. The highest BCUT2D eigenvalue weighted by atomic mass is 32.2. The molecular weight excluding hydrogens is 246 g/mol. The van der Waals surface area contributed by atoms with Gasteiger partial charge in [-0.1, -0.05) is 31.5 Å². The molecule has 0 fully saturated rings. The zero-order chi connectivity index (χ0) is 13.1. The number of unbranched alkanes of at least 4 members (excludes halogenated alkanes) is 2. The molecule has 1 N–H and O–H groups in total. The second-order valence-electron chi connectivity index (χ2n) is 4.10. The van der Waals surface area contributed by atoms with Crippen LogP contribution < -0.4 is 5.32 Å². The molecule has 1 rings (SSSR count). The molecule has 0 aliphatic rings. The van der Waals surface area contributed by atoms with E-state index in [1.807, 2.05) is 12.4 Å². The van der Waals surface area contributed by atoms with E-state index in [4.69, 9.17) is 4.74 Å². The third kappa shape index (κ3) is 6.93. The van der Waals surface area contributed by atoms with Crippen LogP contribution in [0.15, 0.2) is 17.6 Å². The van der Waals surface area contributed by atoms with E-state index in [9.17, 15) is 0 Å². The molecule has 102 valence electrons. The Labute approximate surface area is 114 Å². The van der Waals surface area contributed by atoms with Crippen LogP contribution in [-0.4, -0.2) is 36.0 Å². The maximum Gasteiger partial charge on any atom is 0.187 e. The minimum absolute atomic E-state index is 0.728. The third-order valence-corrected chi connectivity index (χ3v) is 3.43. The van der Waals surface area contributed by atoms with E-state index in [2.05, 4.69) is 22.2 Å². The topological polar surface area (TPSA) is 47.0 Å². The van der Waals surface area contributed by atoms with Gasteiger partial charge >= 0.3 is 0 Å². The Balaban J connectivity index is 2.20. The molecule has 5 heteroatoms. The number of thioether (sulfide) groups is 1. The van der Waals surface area contributed by atoms with E-state index in [0.29, 0.717) is 0 Å². The Morgan fingerprint density at radius 2 is 2.06 bits per heavy atom. The predicted molar refractivity (Wildman–Crippen MR) is 75.9 cm³/mol. The first kappa shape index (κ1) is 15.4. The summed E-state index contributed by atoms with van der Waals surface area (Å²) in [6.45, 7) is 4.59. The van der Waals surface area contributed by atoms with Gasteiger partial charge in [0.15, 0.2) is 5.16 Å². The number of hydrogen-bond donors (Lipinski definition) is 1. The van der Waals surface area contributed by atoms with Crippen LogP contribution in [0.1, 0.15) is 31.7 Å². The molecule has 0 bridgehead atoms. The average molecular weight is 269 g/mol. The first-order valence-corrected chi connectivity index (χ1v) is 7.48. The summed E-state index contributed by atoms with van der Waals surface area (Å²) in [4.78, 5) is 8.71. The number of aromatic nitrogens is 2. The summed E-state index contributed by atoms with van der Waals surface area (Å²) in [6.07, 6.45) is 7.58. The fourth-order valence-corrected chi connectivity index (χ4v) is 2.22. The second kappa shape index (κ2) is 10.3. The Morgan fingerprint density at radius 1 is 1.28 bits per heavy atom. The SMILES string of the molecule is CCCCCSc1ncc(CNCCOC)cn1. The van der Waals surface area contributed by atoms with E-state index in [-0.39, 0.29) is 0 Å². The lowest BCUT2D eigenvalue weighted by Crippen LogP contribution is -2.18. The quantitative estimate of drug-likeness (QED) is 0.402. The summed E-state index contributed by atoms with van der Waals surface area (Å²) < 4.78 is 4.97. The Bertz CT molecular complexity index is 275. The lowest BCUT2D eigenvalue weighted by atomic mass is 10.3. The highest BCUT2D eigenvalue weighted by molar-refractivity contribution is 7.99. The number of ether oxygens (including phenoxy) is 1. The van der Waals surface area contributed by atoms with E-state index in [1.165, 1.54) is 19.3 Å². The fraction of sp³-hybridized carbons (Fsp3) is 0.692. The van der Waals surface area contributed by atoms with Crippen LogP contribution in [0.3, 0.4) is 0 Å². The largest absolute Gasteiger partial charge is 0.383 e. The van der Waals surface area contributed by atoms with Crippen molar-refractivity contribution in [3.8, 4) is 0 Å². The summed E-state index contributed by atoms with van der Waals surface area (Å²) in [5.41, 5.74) is 1.11. The van der Waals surface area contributed by atoms with Crippen LogP contribution in [0.5, 0.6) is 0 Å². The molecule has 0 atom stereocenters. The van der Waals surface area contributed by atoms with E-state index < -0.39 is 0 Å². The molecule has 0 unspecified atom stereocenters. The number of hydrogen-bond acceptors (Lipinski definition) is 5. The number of nitrogens with zero attached hydrogens (tertiary/aromatic N) is 2. The van der Waals surface area contributed by atoms with Gasteiger partial charge in [0.05, 0.1) is 6.61 Å². The van der Waals surface area contributed by atoms with Crippen molar-refractivity contribution in [2.75, 3.05) is 26.0 Å². The van der Waals surface area contributed by atoms with Crippen molar-refractivity contribution >= 4 is 11.8 Å². The average Bonchev–Trinajstić information content (AvgIpc) is 2.41. The van der Waals surface area contributed by atoms with Gasteiger partial charge in [0.1, 0.15) is 0 Å². The Hall–Kier alpha value is -0.650. The van der Waals surface area contributed by atoms with E-state index in [1.54, 1.807) is 18.9 Å². The van der Waals surface area contributed by atoms with Crippen molar-refractivity contribution in [1.82, 2.24) is 15.3 Å². The maximum atomic E-state index is 4.97. The van der Waals surface area contributed by atoms with Gasteiger partial charge in [-0.3, -0.25) is 0 Å². The molecule has 0 aromatic carbocycles. The summed E-state index contributed by atoms with van der Waals surface area (Å²) in [6, 6.07) is 0. The first-order valence-electron chi connectivity index (χ1n) is 6.50. The molecule has 0 aliphatic carbocycles. The van der Waals surface area contributed by atoms with E-state index >= 15 is 0 Å². The molecule has 1 heterocycles. The minimum atomic E-state index is 0.728. The van der Waals surface area contributed by atoms with Crippen LogP contribution in [0.25, 0.3) is 0 Å². The lowest BCUT2D eigenvalue weighted by molar-refractivity contribution is 0.199. The van der Waals surface area contributed by atoms with Gasteiger partial charge < -0.3 is 10.1 Å². The van der Waals surface area contributed by atoms with Gasteiger partial charge in [0.25, 0.3) is 0 Å². The van der Waals surface area contributed by atoms with Gasteiger partial charge in [-0.15, -0.1) is 0 Å². The van der Waals surface area contributed by atoms with Crippen molar-refractivity contribution in [3.63, 3.8) is 0 Å². The minimum Gasteiger partial charge on any atom is -0.383 e. The molecule has 1 aromatic rings. The highest BCUT2D eigenvalue weighted by Gasteiger charge is 1.98. The summed E-state index contributed by atoms with van der Waals surface area (Å²) >= 11 is 1.74. The molecule has 0 radical (unpaired) electrons. The van der Waals surface area contributed by atoms with Crippen molar-refractivity contribution in [3.05, 3.63) is 18.0 Å². The van der Waals surface area contributed by atoms with Gasteiger partial charge in [-0.2, -0.15) is 0 Å². The van der Waals surface area contributed by atoms with Crippen LogP contribution in [0.2, 0.25) is 0 Å². The van der Waals surface area contributed by atoms with Gasteiger partial charge in [-0.05, 0) is 6.42 Å². The molecule has 0 saturated heterocycles. The van der Waals surface area contributed by atoms with Gasteiger partial charge in [-0.25, -0.2) is 9.97 Å². The molecule has 0 amide bonds. The molecule has 0 aliphatic heterocycles.